The molecule has 1 aliphatic rings. The van der Waals surface area contributed by atoms with Crippen LogP contribution in [0.4, 0.5) is 0 Å². The van der Waals surface area contributed by atoms with Gasteiger partial charge in [-0.1, -0.05) is 19.9 Å². The van der Waals surface area contributed by atoms with E-state index in [1.165, 1.54) is 0 Å². The fraction of sp³-hybridized carbons (Fsp3) is 0.778. The topological polar surface area (TPSA) is 3.24 Å². The third kappa shape index (κ3) is 1.18. The van der Waals surface area contributed by atoms with Crippen molar-refractivity contribution in [3.63, 3.8) is 0 Å². The fourth-order valence-corrected chi connectivity index (χ4v) is 1.39. The van der Waals surface area contributed by atoms with Gasteiger partial charge in [-0.15, -0.1) is 0 Å². The highest BCUT2D eigenvalue weighted by molar-refractivity contribution is 4.97. The Balaban J connectivity index is 2.69. The van der Waals surface area contributed by atoms with E-state index in [1.54, 1.807) is 0 Å². The summed E-state index contributed by atoms with van der Waals surface area (Å²) in [6, 6.07) is 0.694. The third-order valence-corrected chi connectivity index (χ3v) is 2.86. The van der Waals surface area contributed by atoms with Gasteiger partial charge in [0.05, 0.1) is 0 Å². The van der Waals surface area contributed by atoms with Gasteiger partial charge in [-0.3, -0.25) is 0 Å². The van der Waals surface area contributed by atoms with E-state index in [0.717, 1.165) is 11.8 Å². The molecule has 0 amide bonds. The number of allylic oxidation sites excluding steroid dienone is 1. The molecule has 0 N–H and O–H groups in total. The minimum atomic E-state index is 0.694. The van der Waals surface area contributed by atoms with Gasteiger partial charge in [-0.2, -0.15) is 0 Å². The largest absolute Gasteiger partial charge is 0.378 e. The summed E-state index contributed by atoms with van der Waals surface area (Å²) in [6.45, 7) is 6.88. The maximum atomic E-state index is 2.31. The molecule has 0 radical (unpaired) electrons. The average molecular weight is 139 g/mol. The lowest BCUT2D eigenvalue weighted by molar-refractivity contribution is 0.210. The average Bonchev–Trinajstić information content (AvgIpc) is 1.93. The minimum Gasteiger partial charge on any atom is -0.378 e. The van der Waals surface area contributed by atoms with Crippen LogP contribution in [0.2, 0.25) is 0 Å². The zero-order valence-electron chi connectivity index (χ0n) is 7.33. The normalized spacial score (nSPS) is 40.4. The first-order valence-corrected chi connectivity index (χ1v) is 4.03. The second kappa shape index (κ2) is 2.65. The lowest BCUT2D eigenvalue weighted by Crippen LogP contribution is -2.36. The number of nitrogens with zero attached hydrogens (tertiary/aromatic N) is 1. The van der Waals surface area contributed by atoms with Gasteiger partial charge in [0.25, 0.3) is 0 Å². The molecule has 0 fully saturated rings. The van der Waals surface area contributed by atoms with Gasteiger partial charge in [0.2, 0.25) is 0 Å². The number of rotatable bonds is 0. The Bertz CT molecular complexity index is 124. The van der Waals surface area contributed by atoms with Gasteiger partial charge in [-0.25, -0.2) is 0 Å². The molecular weight excluding hydrogens is 122 g/mol. The molecule has 3 unspecified atom stereocenters. The smallest absolute Gasteiger partial charge is 0.0283 e. The van der Waals surface area contributed by atoms with Gasteiger partial charge in [-0.05, 0) is 25.0 Å². The van der Waals surface area contributed by atoms with Gasteiger partial charge >= 0.3 is 0 Å². The van der Waals surface area contributed by atoms with Crippen LogP contribution < -0.4 is 0 Å². The molecule has 3 atom stereocenters. The summed E-state index contributed by atoms with van der Waals surface area (Å²) < 4.78 is 0. The Morgan fingerprint density at radius 1 is 1.20 bits per heavy atom. The highest BCUT2D eigenvalue weighted by Gasteiger charge is 2.22. The number of hydrogen-bond acceptors (Lipinski definition) is 1. The van der Waals surface area contributed by atoms with Crippen LogP contribution in [0, 0.1) is 11.8 Å². The van der Waals surface area contributed by atoms with Crippen LogP contribution in [0.3, 0.4) is 0 Å². The Morgan fingerprint density at radius 2 is 1.80 bits per heavy atom. The molecule has 0 aromatic rings. The predicted octanol–water partition coefficient (Wildman–Crippen LogP) is 2.11. The van der Waals surface area contributed by atoms with E-state index in [-0.39, 0.29) is 0 Å². The van der Waals surface area contributed by atoms with Gasteiger partial charge in [0, 0.05) is 13.1 Å². The van der Waals surface area contributed by atoms with Crippen molar-refractivity contribution in [2.24, 2.45) is 11.8 Å². The summed E-state index contributed by atoms with van der Waals surface area (Å²) >= 11 is 0. The Kier molecular flexibility index (Phi) is 2.02. The number of hydrogen-bond donors (Lipinski definition) is 0. The van der Waals surface area contributed by atoms with Crippen molar-refractivity contribution in [3.8, 4) is 0 Å². The second-order valence-electron chi connectivity index (χ2n) is 3.47. The summed E-state index contributed by atoms with van der Waals surface area (Å²) in [5.41, 5.74) is 0. The van der Waals surface area contributed by atoms with Crippen molar-refractivity contribution in [2.75, 3.05) is 7.05 Å². The maximum Gasteiger partial charge on any atom is 0.0283 e. The van der Waals surface area contributed by atoms with Crippen LogP contribution in [0.25, 0.3) is 0 Å². The molecule has 58 valence electrons. The molecule has 0 saturated carbocycles. The molecule has 0 aromatic heterocycles. The zero-order valence-corrected chi connectivity index (χ0v) is 7.33. The molecule has 0 aliphatic carbocycles. The van der Waals surface area contributed by atoms with Crippen LogP contribution in [-0.4, -0.2) is 18.0 Å². The van der Waals surface area contributed by atoms with E-state index in [9.17, 15) is 0 Å². The summed E-state index contributed by atoms with van der Waals surface area (Å²) in [5.74, 6) is 1.53. The molecule has 1 nitrogen and oxygen atoms in total. The molecule has 1 heteroatoms. The molecule has 0 saturated heterocycles. The molecule has 0 spiro atoms. The lowest BCUT2D eigenvalue weighted by atomic mass is 9.87. The lowest BCUT2D eigenvalue weighted by Gasteiger charge is -2.35. The Labute approximate surface area is 63.7 Å². The maximum absolute atomic E-state index is 2.31. The first kappa shape index (κ1) is 7.64. The summed E-state index contributed by atoms with van der Waals surface area (Å²) in [7, 11) is 2.14. The highest BCUT2D eigenvalue weighted by Crippen LogP contribution is 2.24. The van der Waals surface area contributed by atoms with Crippen molar-refractivity contribution in [2.45, 2.75) is 26.8 Å². The van der Waals surface area contributed by atoms with Crippen molar-refractivity contribution < 1.29 is 0 Å². The van der Waals surface area contributed by atoms with Gasteiger partial charge < -0.3 is 4.90 Å². The molecule has 1 heterocycles. The second-order valence-corrected chi connectivity index (χ2v) is 3.47. The minimum absolute atomic E-state index is 0.694. The van der Waals surface area contributed by atoms with Crippen LogP contribution in [0.1, 0.15) is 20.8 Å². The van der Waals surface area contributed by atoms with Gasteiger partial charge in [0.15, 0.2) is 0 Å². The van der Waals surface area contributed by atoms with E-state index >= 15 is 0 Å². The Hall–Kier alpha value is -0.460. The van der Waals surface area contributed by atoms with Crippen molar-refractivity contribution in [1.29, 1.82) is 0 Å². The van der Waals surface area contributed by atoms with E-state index in [1.807, 2.05) is 0 Å². The van der Waals surface area contributed by atoms with Gasteiger partial charge in [0.1, 0.15) is 0 Å². The standard InChI is InChI=1S/C9H17N/c1-7-5-6-10(4)9(3)8(7)2/h5-9H,1-4H3. The van der Waals surface area contributed by atoms with Crippen molar-refractivity contribution in [3.05, 3.63) is 12.3 Å². The van der Waals surface area contributed by atoms with E-state index in [2.05, 4.69) is 45.0 Å². The van der Waals surface area contributed by atoms with Crippen molar-refractivity contribution in [1.82, 2.24) is 4.90 Å². The highest BCUT2D eigenvalue weighted by atomic mass is 15.1. The molecule has 1 aliphatic heterocycles. The summed E-state index contributed by atoms with van der Waals surface area (Å²) in [5, 5.41) is 0. The monoisotopic (exact) mass is 139 g/mol. The quantitative estimate of drug-likeness (QED) is 0.497. The molecule has 0 aromatic carbocycles. The van der Waals surface area contributed by atoms with Crippen LogP contribution in [-0.2, 0) is 0 Å². The van der Waals surface area contributed by atoms with Crippen LogP contribution in [0.5, 0.6) is 0 Å². The Morgan fingerprint density at radius 3 is 2.30 bits per heavy atom. The molecule has 1 rings (SSSR count). The first-order chi connectivity index (χ1) is 4.63. The van der Waals surface area contributed by atoms with Crippen LogP contribution >= 0.6 is 0 Å². The molecule has 10 heavy (non-hydrogen) atoms. The van der Waals surface area contributed by atoms with E-state index < -0.39 is 0 Å². The molecular formula is C9H17N. The SMILES string of the molecule is CC1C=CN(C)C(C)C1C. The van der Waals surface area contributed by atoms with E-state index in [4.69, 9.17) is 0 Å². The molecule has 0 bridgehead atoms. The third-order valence-electron chi connectivity index (χ3n) is 2.86. The first-order valence-electron chi connectivity index (χ1n) is 4.03. The summed E-state index contributed by atoms with van der Waals surface area (Å²) in [4.78, 5) is 2.28. The van der Waals surface area contributed by atoms with Crippen LogP contribution in [0.15, 0.2) is 12.3 Å². The van der Waals surface area contributed by atoms with Crippen molar-refractivity contribution >= 4 is 0 Å². The zero-order chi connectivity index (χ0) is 7.72. The predicted molar refractivity (Wildman–Crippen MR) is 44.7 cm³/mol. The summed E-state index contributed by atoms with van der Waals surface area (Å²) in [6.07, 6.45) is 4.47. The van der Waals surface area contributed by atoms with E-state index in [0.29, 0.717) is 6.04 Å². The fourth-order valence-electron chi connectivity index (χ4n) is 1.39.